The number of hydrogen-bond acceptors (Lipinski definition) is 3. The summed E-state index contributed by atoms with van der Waals surface area (Å²) >= 11 is 3.40. The Kier molecular flexibility index (Phi) is 2.94. The summed E-state index contributed by atoms with van der Waals surface area (Å²) in [5.41, 5.74) is 0.411. The average Bonchev–Trinajstić information content (AvgIpc) is 2.30. The maximum Gasteiger partial charge on any atom is 0.170 e. The number of carbonyl (C=O) groups is 1. The number of Topliss-reactive ketones (excluding diaryl/α,β-unsaturated/α-hetero) is 1. The highest BCUT2D eigenvalue weighted by atomic mass is 79.9. The van der Waals surface area contributed by atoms with Crippen molar-refractivity contribution in [1.82, 2.24) is 4.90 Å². The molecular weight excluding hydrogens is 294 g/mol. The van der Waals surface area contributed by atoms with Crippen LogP contribution in [0, 0.1) is 0 Å². The van der Waals surface area contributed by atoms with E-state index >= 15 is 0 Å². The fourth-order valence-corrected chi connectivity index (χ4v) is 3.38. The van der Waals surface area contributed by atoms with Gasteiger partial charge in [-0.3, -0.25) is 4.79 Å². The molecule has 0 aromatic heterocycles. The van der Waals surface area contributed by atoms with E-state index in [0.717, 1.165) is 36.2 Å². The minimum absolute atomic E-state index is 0.202. The van der Waals surface area contributed by atoms with Crippen molar-refractivity contribution >= 4 is 21.7 Å². The number of piperidine rings is 1. The van der Waals surface area contributed by atoms with Gasteiger partial charge in [-0.2, -0.15) is 0 Å². The van der Waals surface area contributed by atoms with Crippen LogP contribution in [-0.4, -0.2) is 36.4 Å². The van der Waals surface area contributed by atoms with E-state index in [-0.39, 0.29) is 11.4 Å². The van der Waals surface area contributed by atoms with Gasteiger partial charge in [-0.15, -0.1) is 0 Å². The number of rotatable bonds is 0. The molecule has 3 rings (SSSR count). The molecule has 0 amide bonds. The number of likely N-dealkylation sites (N-methyl/N-ethyl adjacent to an activating group) is 1. The van der Waals surface area contributed by atoms with Gasteiger partial charge in [0.05, 0.1) is 12.0 Å². The minimum Gasteiger partial charge on any atom is -0.485 e. The van der Waals surface area contributed by atoms with E-state index in [0.29, 0.717) is 12.0 Å². The summed E-state index contributed by atoms with van der Waals surface area (Å²) in [5, 5.41) is 0. The Morgan fingerprint density at radius 1 is 1.44 bits per heavy atom. The van der Waals surface area contributed by atoms with E-state index in [1.165, 1.54) is 0 Å². The summed E-state index contributed by atoms with van der Waals surface area (Å²) in [6.07, 6.45) is 2.56. The van der Waals surface area contributed by atoms with E-state index in [1.807, 2.05) is 18.2 Å². The van der Waals surface area contributed by atoms with E-state index in [1.54, 1.807) is 0 Å². The molecule has 96 valence electrons. The second kappa shape index (κ2) is 4.35. The van der Waals surface area contributed by atoms with Gasteiger partial charge < -0.3 is 9.64 Å². The Labute approximate surface area is 115 Å². The maximum absolute atomic E-state index is 12.3. The van der Waals surface area contributed by atoms with Gasteiger partial charge in [-0.25, -0.2) is 0 Å². The van der Waals surface area contributed by atoms with Gasteiger partial charge in [-0.05, 0) is 44.6 Å². The third-order valence-electron chi connectivity index (χ3n) is 3.78. The van der Waals surface area contributed by atoms with Gasteiger partial charge in [0, 0.05) is 11.0 Å². The Hall–Kier alpha value is -0.870. The Morgan fingerprint density at radius 3 is 3.06 bits per heavy atom. The zero-order chi connectivity index (χ0) is 12.8. The molecule has 0 N–H and O–H groups in total. The SMILES string of the molecule is CN1CCCC2(CC(=O)c3cc(Br)ccc3O2)C1. The molecule has 1 spiro atoms. The summed E-state index contributed by atoms with van der Waals surface area (Å²) < 4.78 is 7.10. The normalized spacial score (nSPS) is 28.0. The molecule has 2 aliphatic heterocycles. The van der Waals surface area contributed by atoms with Gasteiger partial charge in [0.1, 0.15) is 11.4 Å². The Bertz CT molecular complexity index is 503. The van der Waals surface area contributed by atoms with Gasteiger partial charge in [-0.1, -0.05) is 15.9 Å². The third kappa shape index (κ3) is 2.08. The first-order valence-electron chi connectivity index (χ1n) is 6.28. The highest BCUT2D eigenvalue weighted by molar-refractivity contribution is 9.10. The molecular formula is C14H16BrNO2. The topological polar surface area (TPSA) is 29.5 Å². The van der Waals surface area contributed by atoms with Crippen molar-refractivity contribution in [3.8, 4) is 5.75 Å². The number of likely N-dealkylation sites (tertiary alicyclic amines) is 1. The predicted octanol–water partition coefficient (Wildman–Crippen LogP) is 2.88. The lowest BCUT2D eigenvalue weighted by Crippen LogP contribution is -2.53. The number of hydrogen-bond donors (Lipinski definition) is 0. The van der Waals surface area contributed by atoms with Crippen LogP contribution in [0.25, 0.3) is 0 Å². The number of nitrogens with zero attached hydrogens (tertiary/aromatic N) is 1. The molecule has 1 aromatic rings. The highest BCUT2D eigenvalue weighted by Crippen LogP contribution is 2.38. The lowest BCUT2D eigenvalue weighted by atomic mass is 9.84. The zero-order valence-electron chi connectivity index (χ0n) is 10.4. The zero-order valence-corrected chi connectivity index (χ0v) is 12.0. The number of carbonyl (C=O) groups excluding carboxylic acids is 1. The molecule has 1 aromatic carbocycles. The van der Waals surface area contributed by atoms with Crippen LogP contribution in [0.5, 0.6) is 5.75 Å². The van der Waals surface area contributed by atoms with Crippen molar-refractivity contribution in [2.75, 3.05) is 20.1 Å². The van der Waals surface area contributed by atoms with Crippen LogP contribution in [0.3, 0.4) is 0 Å². The summed E-state index contributed by atoms with van der Waals surface area (Å²) in [4.78, 5) is 14.5. The molecule has 1 atom stereocenters. The molecule has 2 aliphatic rings. The van der Waals surface area contributed by atoms with Crippen molar-refractivity contribution in [3.63, 3.8) is 0 Å². The van der Waals surface area contributed by atoms with Gasteiger partial charge in [0.2, 0.25) is 0 Å². The quantitative estimate of drug-likeness (QED) is 0.738. The van der Waals surface area contributed by atoms with Crippen molar-refractivity contribution in [1.29, 1.82) is 0 Å². The van der Waals surface area contributed by atoms with Crippen LogP contribution < -0.4 is 4.74 Å². The summed E-state index contributed by atoms with van der Waals surface area (Å²) in [7, 11) is 2.09. The molecule has 0 bridgehead atoms. The maximum atomic E-state index is 12.3. The van der Waals surface area contributed by atoms with Gasteiger partial charge in [0.15, 0.2) is 5.78 Å². The molecule has 3 nitrogen and oxygen atoms in total. The van der Waals surface area contributed by atoms with E-state index in [2.05, 4.69) is 27.9 Å². The van der Waals surface area contributed by atoms with Crippen LogP contribution in [-0.2, 0) is 0 Å². The van der Waals surface area contributed by atoms with E-state index in [9.17, 15) is 4.79 Å². The fraction of sp³-hybridized carbons (Fsp3) is 0.500. The number of fused-ring (bicyclic) bond motifs is 1. The summed E-state index contributed by atoms with van der Waals surface area (Å²) in [6, 6.07) is 5.68. The lowest BCUT2D eigenvalue weighted by Gasteiger charge is -2.43. The third-order valence-corrected chi connectivity index (χ3v) is 4.27. The standard InChI is InChI=1S/C14H16BrNO2/c1-16-6-2-5-14(9-16)8-12(17)11-7-10(15)3-4-13(11)18-14/h3-4,7H,2,5-6,8-9H2,1H3. The molecule has 0 saturated carbocycles. The van der Waals surface area contributed by atoms with Crippen LogP contribution in [0.2, 0.25) is 0 Å². The van der Waals surface area contributed by atoms with Crippen LogP contribution in [0.4, 0.5) is 0 Å². The van der Waals surface area contributed by atoms with Gasteiger partial charge >= 0.3 is 0 Å². The molecule has 0 radical (unpaired) electrons. The second-order valence-corrected chi connectivity index (χ2v) is 6.28. The first-order chi connectivity index (χ1) is 8.58. The minimum atomic E-state index is -0.301. The molecule has 0 aliphatic carbocycles. The monoisotopic (exact) mass is 309 g/mol. The summed E-state index contributed by atoms with van der Waals surface area (Å²) in [6.45, 7) is 1.93. The van der Waals surface area contributed by atoms with E-state index in [4.69, 9.17) is 4.74 Å². The van der Waals surface area contributed by atoms with E-state index < -0.39 is 0 Å². The smallest absolute Gasteiger partial charge is 0.170 e. The Morgan fingerprint density at radius 2 is 2.28 bits per heavy atom. The molecule has 4 heteroatoms. The van der Waals surface area contributed by atoms with Gasteiger partial charge in [0.25, 0.3) is 0 Å². The highest BCUT2D eigenvalue weighted by Gasteiger charge is 2.42. The van der Waals surface area contributed by atoms with Crippen molar-refractivity contribution < 1.29 is 9.53 Å². The second-order valence-electron chi connectivity index (χ2n) is 5.37. The molecule has 1 fully saturated rings. The molecule has 1 saturated heterocycles. The largest absolute Gasteiger partial charge is 0.485 e. The van der Waals surface area contributed by atoms with Crippen LogP contribution >= 0.6 is 15.9 Å². The van der Waals surface area contributed by atoms with Crippen molar-refractivity contribution in [2.24, 2.45) is 0 Å². The number of halogens is 1. The fourth-order valence-electron chi connectivity index (χ4n) is 3.02. The average molecular weight is 310 g/mol. The first kappa shape index (κ1) is 12.2. The number of benzene rings is 1. The Balaban J connectivity index is 1.96. The van der Waals surface area contributed by atoms with Crippen molar-refractivity contribution in [2.45, 2.75) is 24.9 Å². The lowest BCUT2D eigenvalue weighted by molar-refractivity contribution is -0.0104. The summed E-state index contributed by atoms with van der Waals surface area (Å²) in [5.74, 6) is 0.942. The molecule has 2 heterocycles. The van der Waals surface area contributed by atoms with Crippen LogP contribution in [0.15, 0.2) is 22.7 Å². The predicted molar refractivity (Wildman–Crippen MR) is 73.2 cm³/mol. The van der Waals surface area contributed by atoms with Crippen LogP contribution in [0.1, 0.15) is 29.6 Å². The molecule has 1 unspecified atom stereocenters. The van der Waals surface area contributed by atoms with Crippen molar-refractivity contribution in [3.05, 3.63) is 28.2 Å². The number of ketones is 1. The number of ether oxygens (including phenoxy) is 1. The first-order valence-corrected chi connectivity index (χ1v) is 7.08. The molecule has 18 heavy (non-hydrogen) atoms.